The van der Waals surface area contributed by atoms with Crippen LogP contribution in [-0.2, 0) is 6.42 Å². The van der Waals surface area contributed by atoms with Crippen molar-refractivity contribution >= 4 is 5.91 Å². The zero-order valence-electron chi connectivity index (χ0n) is 13.7. The molecule has 2 aromatic rings. The van der Waals surface area contributed by atoms with Gasteiger partial charge < -0.3 is 4.90 Å². The number of benzene rings is 1. The van der Waals surface area contributed by atoms with Crippen molar-refractivity contribution < 1.29 is 9.18 Å². The third kappa shape index (κ3) is 4.17. The molecule has 24 heavy (non-hydrogen) atoms. The molecule has 2 heterocycles. The number of halogens is 1. The molecule has 0 aliphatic carbocycles. The molecule has 0 saturated carbocycles. The van der Waals surface area contributed by atoms with Gasteiger partial charge in [-0.05, 0) is 43.1 Å². The van der Waals surface area contributed by atoms with Crippen LogP contribution in [0.4, 0.5) is 4.39 Å². The van der Waals surface area contributed by atoms with Gasteiger partial charge in [0.1, 0.15) is 5.82 Å². The van der Waals surface area contributed by atoms with Crippen molar-refractivity contribution in [2.75, 3.05) is 32.7 Å². The summed E-state index contributed by atoms with van der Waals surface area (Å²) in [6, 6.07) is 10.5. The van der Waals surface area contributed by atoms with E-state index in [2.05, 4.69) is 9.88 Å². The van der Waals surface area contributed by atoms with Gasteiger partial charge in [-0.2, -0.15) is 0 Å². The third-order valence-electron chi connectivity index (χ3n) is 4.45. The van der Waals surface area contributed by atoms with Gasteiger partial charge in [-0.3, -0.25) is 14.7 Å². The van der Waals surface area contributed by atoms with Crippen LogP contribution in [0.15, 0.2) is 48.8 Å². The van der Waals surface area contributed by atoms with Crippen molar-refractivity contribution in [3.8, 4) is 0 Å². The number of carbonyl (C=O) groups excluding carboxylic acids is 1. The number of nitrogens with zero attached hydrogens (tertiary/aromatic N) is 3. The second kappa shape index (κ2) is 8.02. The van der Waals surface area contributed by atoms with Gasteiger partial charge in [-0.25, -0.2) is 4.39 Å². The first-order valence-corrected chi connectivity index (χ1v) is 8.39. The Kier molecular flexibility index (Phi) is 5.54. The molecule has 3 rings (SSSR count). The van der Waals surface area contributed by atoms with E-state index in [9.17, 15) is 9.18 Å². The van der Waals surface area contributed by atoms with Gasteiger partial charge in [-0.15, -0.1) is 0 Å². The summed E-state index contributed by atoms with van der Waals surface area (Å²) in [6.07, 6.45) is 4.96. The Balaban J connectivity index is 1.42. The number of hydrogen-bond acceptors (Lipinski definition) is 3. The number of aryl methyl sites for hydroxylation is 1. The van der Waals surface area contributed by atoms with Gasteiger partial charge in [-0.1, -0.05) is 18.2 Å². The molecule has 126 valence electrons. The van der Waals surface area contributed by atoms with E-state index in [1.54, 1.807) is 30.6 Å². The first-order chi connectivity index (χ1) is 11.7. The van der Waals surface area contributed by atoms with Crippen LogP contribution in [0.25, 0.3) is 0 Å². The van der Waals surface area contributed by atoms with Gasteiger partial charge in [0.15, 0.2) is 0 Å². The minimum absolute atomic E-state index is 0.0501. The summed E-state index contributed by atoms with van der Waals surface area (Å²) in [7, 11) is 0. The fourth-order valence-corrected chi connectivity index (χ4v) is 3.04. The standard InChI is InChI=1S/C19H22FN3O/c20-18-8-2-1-5-16(18)7-4-10-22-11-13-23(14-12-22)19(24)17-6-3-9-21-15-17/h1-3,5-6,8-9,15H,4,7,10-14H2. The van der Waals surface area contributed by atoms with Crippen molar-refractivity contribution in [3.05, 3.63) is 65.7 Å². The Morgan fingerprint density at radius 1 is 1.08 bits per heavy atom. The molecule has 1 aliphatic rings. The monoisotopic (exact) mass is 327 g/mol. The molecule has 0 radical (unpaired) electrons. The summed E-state index contributed by atoms with van der Waals surface area (Å²) in [5, 5.41) is 0. The molecular formula is C19H22FN3O. The average Bonchev–Trinajstić information content (AvgIpc) is 2.64. The molecule has 0 bridgehead atoms. The summed E-state index contributed by atoms with van der Waals surface area (Å²) < 4.78 is 13.6. The van der Waals surface area contributed by atoms with Crippen LogP contribution < -0.4 is 0 Å². The Morgan fingerprint density at radius 3 is 2.58 bits per heavy atom. The zero-order chi connectivity index (χ0) is 16.8. The minimum Gasteiger partial charge on any atom is -0.336 e. The molecule has 1 aromatic heterocycles. The number of carbonyl (C=O) groups is 1. The van der Waals surface area contributed by atoms with E-state index in [-0.39, 0.29) is 11.7 Å². The summed E-state index contributed by atoms with van der Waals surface area (Å²) in [5.41, 5.74) is 1.42. The predicted molar refractivity (Wildman–Crippen MR) is 91.3 cm³/mol. The summed E-state index contributed by atoms with van der Waals surface area (Å²) in [4.78, 5) is 20.6. The fourth-order valence-electron chi connectivity index (χ4n) is 3.04. The van der Waals surface area contributed by atoms with Gasteiger partial charge in [0.2, 0.25) is 0 Å². The number of pyridine rings is 1. The van der Waals surface area contributed by atoms with E-state index >= 15 is 0 Å². The highest BCUT2D eigenvalue weighted by Gasteiger charge is 2.21. The molecule has 1 aliphatic heterocycles. The van der Waals surface area contributed by atoms with E-state index in [0.29, 0.717) is 5.56 Å². The largest absolute Gasteiger partial charge is 0.336 e. The van der Waals surface area contributed by atoms with Crippen LogP contribution in [0.2, 0.25) is 0 Å². The normalized spacial score (nSPS) is 15.5. The van der Waals surface area contributed by atoms with Crippen LogP contribution in [0.1, 0.15) is 22.3 Å². The smallest absolute Gasteiger partial charge is 0.255 e. The molecule has 0 unspecified atom stereocenters. The lowest BCUT2D eigenvalue weighted by molar-refractivity contribution is 0.0635. The molecule has 1 aromatic carbocycles. The summed E-state index contributed by atoms with van der Waals surface area (Å²) in [6.45, 7) is 4.12. The third-order valence-corrected chi connectivity index (χ3v) is 4.45. The maximum absolute atomic E-state index is 13.6. The van der Waals surface area contributed by atoms with Gasteiger partial charge in [0.05, 0.1) is 5.56 Å². The van der Waals surface area contributed by atoms with Crippen LogP contribution in [-0.4, -0.2) is 53.4 Å². The van der Waals surface area contributed by atoms with Crippen LogP contribution in [0.5, 0.6) is 0 Å². The SMILES string of the molecule is O=C(c1cccnc1)N1CCN(CCCc2ccccc2F)CC1. The molecule has 0 spiro atoms. The minimum atomic E-state index is -0.121. The molecule has 5 heteroatoms. The van der Waals surface area contributed by atoms with Crippen molar-refractivity contribution in [2.45, 2.75) is 12.8 Å². The number of hydrogen-bond donors (Lipinski definition) is 0. The molecule has 1 amide bonds. The number of rotatable bonds is 5. The summed E-state index contributed by atoms with van der Waals surface area (Å²) >= 11 is 0. The zero-order valence-corrected chi connectivity index (χ0v) is 13.7. The molecule has 1 fully saturated rings. The van der Waals surface area contributed by atoms with E-state index in [4.69, 9.17) is 0 Å². The van der Waals surface area contributed by atoms with Crippen LogP contribution in [0, 0.1) is 5.82 Å². The van der Waals surface area contributed by atoms with Gasteiger partial charge >= 0.3 is 0 Å². The molecule has 0 atom stereocenters. The van der Waals surface area contributed by atoms with Gasteiger partial charge in [0.25, 0.3) is 5.91 Å². The van der Waals surface area contributed by atoms with Crippen molar-refractivity contribution in [1.29, 1.82) is 0 Å². The Labute approximate surface area is 141 Å². The highest BCUT2D eigenvalue weighted by molar-refractivity contribution is 5.93. The van der Waals surface area contributed by atoms with Crippen molar-refractivity contribution in [2.24, 2.45) is 0 Å². The van der Waals surface area contributed by atoms with Crippen molar-refractivity contribution in [1.82, 2.24) is 14.8 Å². The van der Waals surface area contributed by atoms with Gasteiger partial charge in [0, 0.05) is 38.6 Å². The Hall–Kier alpha value is -2.27. The Bertz CT molecular complexity index is 669. The highest BCUT2D eigenvalue weighted by atomic mass is 19.1. The Morgan fingerprint density at radius 2 is 1.88 bits per heavy atom. The molecule has 4 nitrogen and oxygen atoms in total. The lowest BCUT2D eigenvalue weighted by atomic mass is 10.1. The highest BCUT2D eigenvalue weighted by Crippen LogP contribution is 2.11. The molecular weight excluding hydrogens is 305 g/mol. The molecule has 1 saturated heterocycles. The predicted octanol–water partition coefficient (Wildman–Crippen LogP) is 2.61. The van der Waals surface area contributed by atoms with E-state index in [1.165, 1.54) is 6.07 Å². The van der Waals surface area contributed by atoms with Crippen LogP contribution >= 0.6 is 0 Å². The number of piperazine rings is 1. The fraction of sp³-hybridized carbons (Fsp3) is 0.368. The second-order valence-electron chi connectivity index (χ2n) is 6.07. The van der Waals surface area contributed by atoms with Crippen molar-refractivity contribution in [3.63, 3.8) is 0 Å². The summed E-state index contributed by atoms with van der Waals surface area (Å²) in [5.74, 6) is -0.0708. The lowest BCUT2D eigenvalue weighted by Gasteiger charge is -2.34. The topological polar surface area (TPSA) is 36.4 Å². The quantitative estimate of drug-likeness (QED) is 0.847. The first kappa shape index (κ1) is 16.6. The lowest BCUT2D eigenvalue weighted by Crippen LogP contribution is -2.48. The first-order valence-electron chi connectivity index (χ1n) is 8.39. The maximum atomic E-state index is 13.6. The van der Waals surface area contributed by atoms with Crippen LogP contribution in [0.3, 0.4) is 0 Å². The van der Waals surface area contributed by atoms with E-state index in [1.807, 2.05) is 17.0 Å². The van der Waals surface area contributed by atoms with E-state index < -0.39 is 0 Å². The second-order valence-corrected chi connectivity index (χ2v) is 6.07. The number of aromatic nitrogens is 1. The molecule has 0 N–H and O–H groups in total. The number of amides is 1. The maximum Gasteiger partial charge on any atom is 0.255 e. The average molecular weight is 327 g/mol. The van der Waals surface area contributed by atoms with E-state index in [0.717, 1.165) is 51.1 Å².